The Labute approximate surface area is 168 Å². The van der Waals surface area contributed by atoms with Crippen molar-refractivity contribution in [1.82, 2.24) is 5.43 Å². The molecule has 0 saturated carbocycles. The van der Waals surface area contributed by atoms with Gasteiger partial charge in [0.25, 0.3) is 11.8 Å². The van der Waals surface area contributed by atoms with Crippen molar-refractivity contribution in [3.05, 3.63) is 70.8 Å². The number of hydrazine groups is 1. The second kappa shape index (κ2) is 8.19. The number of carbonyl (C=O) groups is 2. The Bertz CT molecular complexity index is 984. The lowest BCUT2D eigenvalue weighted by Gasteiger charge is -2.15. The third-order valence-electron chi connectivity index (χ3n) is 4.16. The lowest BCUT2D eigenvalue weighted by molar-refractivity contribution is -0.117. The summed E-state index contributed by atoms with van der Waals surface area (Å²) < 4.78 is 10.8. The molecule has 2 aromatic carbocycles. The van der Waals surface area contributed by atoms with Crippen LogP contribution in [0.4, 0.5) is 5.69 Å². The van der Waals surface area contributed by atoms with Gasteiger partial charge in [0.1, 0.15) is 12.2 Å². The normalized spacial score (nSPS) is 15.0. The minimum absolute atomic E-state index is 0.0125. The zero-order valence-corrected chi connectivity index (χ0v) is 16.2. The molecule has 6 nitrogen and oxygen atoms in total. The maximum absolute atomic E-state index is 12.7. The fourth-order valence-corrected chi connectivity index (χ4v) is 2.84. The van der Waals surface area contributed by atoms with Crippen molar-refractivity contribution < 1.29 is 19.1 Å². The van der Waals surface area contributed by atoms with E-state index in [1.807, 2.05) is 6.92 Å². The van der Waals surface area contributed by atoms with Gasteiger partial charge in [-0.05, 0) is 48.4 Å². The van der Waals surface area contributed by atoms with Gasteiger partial charge in [0.2, 0.25) is 0 Å². The molecule has 144 valence electrons. The van der Waals surface area contributed by atoms with E-state index in [4.69, 9.17) is 21.1 Å². The Morgan fingerprint density at radius 3 is 2.64 bits per heavy atom. The molecule has 1 aliphatic heterocycles. The molecule has 0 radical (unpaired) electrons. The SMILES string of the molecule is C=CCOc1ccc(/C=C2\C(=O)NN(c3ccc(C)c(Cl)c3)C2=O)cc1OC. The third kappa shape index (κ3) is 3.87. The Balaban J connectivity index is 1.89. The first-order chi connectivity index (χ1) is 13.4. The van der Waals surface area contributed by atoms with E-state index in [-0.39, 0.29) is 5.57 Å². The van der Waals surface area contributed by atoms with Gasteiger partial charge in [-0.1, -0.05) is 36.4 Å². The standard InChI is InChI=1S/C21H19ClN2O4/c1-4-9-28-18-8-6-14(11-19(18)27-3)10-16-20(25)23-24(21(16)26)15-7-5-13(2)17(22)12-15/h4-8,10-12H,1,9H2,2-3H3,(H,23,25)/b16-10+. The summed E-state index contributed by atoms with van der Waals surface area (Å²) in [6.07, 6.45) is 3.13. The molecule has 1 heterocycles. The fourth-order valence-electron chi connectivity index (χ4n) is 2.67. The van der Waals surface area contributed by atoms with Crippen molar-refractivity contribution in [1.29, 1.82) is 0 Å². The first-order valence-electron chi connectivity index (χ1n) is 8.49. The fraction of sp³-hybridized carbons (Fsp3) is 0.143. The number of carbonyl (C=O) groups excluding carboxylic acids is 2. The maximum atomic E-state index is 12.7. The molecule has 3 rings (SSSR count). The smallest absolute Gasteiger partial charge is 0.282 e. The number of amides is 2. The first kappa shape index (κ1) is 19.5. The zero-order chi connectivity index (χ0) is 20.3. The van der Waals surface area contributed by atoms with Gasteiger partial charge >= 0.3 is 0 Å². The van der Waals surface area contributed by atoms with Crippen molar-refractivity contribution in [2.45, 2.75) is 6.92 Å². The number of anilines is 1. The number of halogens is 1. The largest absolute Gasteiger partial charge is 0.493 e. The molecular formula is C21H19ClN2O4. The van der Waals surface area contributed by atoms with E-state index in [0.29, 0.717) is 34.4 Å². The molecule has 0 aromatic heterocycles. The molecule has 7 heteroatoms. The number of aryl methyl sites for hydroxylation is 1. The average molecular weight is 399 g/mol. The number of methoxy groups -OCH3 is 1. The van der Waals surface area contributed by atoms with Gasteiger partial charge < -0.3 is 9.47 Å². The number of hydrogen-bond donors (Lipinski definition) is 1. The minimum Gasteiger partial charge on any atom is -0.493 e. The molecule has 0 spiro atoms. The summed E-state index contributed by atoms with van der Waals surface area (Å²) in [6, 6.07) is 10.3. The van der Waals surface area contributed by atoms with Crippen molar-refractivity contribution in [3.63, 3.8) is 0 Å². The van der Waals surface area contributed by atoms with E-state index >= 15 is 0 Å². The minimum atomic E-state index is -0.493. The summed E-state index contributed by atoms with van der Waals surface area (Å²) >= 11 is 6.13. The second-order valence-electron chi connectivity index (χ2n) is 6.08. The number of nitrogens with one attached hydrogen (secondary N) is 1. The number of nitrogens with zero attached hydrogens (tertiary/aromatic N) is 1. The molecule has 0 unspecified atom stereocenters. The maximum Gasteiger partial charge on any atom is 0.282 e. The Kier molecular flexibility index (Phi) is 5.70. The Morgan fingerprint density at radius 2 is 1.96 bits per heavy atom. The van der Waals surface area contributed by atoms with Gasteiger partial charge in [0, 0.05) is 5.02 Å². The number of benzene rings is 2. The summed E-state index contributed by atoms with van der Waals surface area (Å²) in [5, 5.41) is 1.69. The van der Waals surface area contributed by atoms with Crippen LogP contribution in [0, 0.1) is 6.92 Å². The van der Waals surface area contributed by atoms with Crippen LogP contribution in [0.2, 0.25) is 5.02 Å². The predicted octanol–water partition coefficient (Wildman–Crippen LogP) is 3.68. The van der Waals surface area contributed by atoms with E-state index in [9.17, 15) is 9.59 Å². The van der Waals surface area contributed by atoms with E-state index in [0.717, 1.165) is 5.56 Å². The highest BCUT2D eigenvalue weighted by Gasteiger charge is 2.34. The number of ether oxygens (including phenoxy) is 2. The Hall–Kier alpha value is -3.25. The lowest BCUT2D eigenvalue weighted by atomic mass is 10.1. The van der Waals surface area contributed by atoms with Gasteiger partial charge in [-0.15, -0.1) is 0 Å². The summed E-state index contributed by atoms with van der Waals surface area (Å²) in [7, 11) is 1.52. The summed E-state index contributed by atoms with van der Waals surface area (Å²) in [6.45, 7) is 5.80. The highest BCUT2D eigenvalue weighted by Crippen LogP contribution is 2.30. The molecule has 2 aromatic rings. The van der Waals surface area contributed by atoms with Gasteiger partial charge in [0.15, 0.2) is 11.5 Å². The predicted molar refractivity (Wildman–Crippen MR) is 108 cm³/mol. The van der Waals surface area contributed by atoms with Gasteiger partial charge in [-0.2, -0.15) is 0 Å². The van der Waals surface area contributed by atoms with Crippen LogP contribution in [-0.4, -0.2) is 25.5 Å². The summed E-state index contributed by atoms with van der Waals surface area (Å²) in [5.41, 5.74) is 4.57. The van der Waals surface area contributed by atoms with E-state index < -0.39 is 11.8 Å². The molecule has 1 N–H and O–H groups in total. The highest BCUT2D eigenvalue weighted by molar-refractivity contribution is 6.33. The van der Waals surface area contributed by atoms with Crippen LogP contribution in [0.25, 0.3) is 6.08 Å². The zero-order valence-electron chi connectivity index (χ0n) is 15.5. The van der Waals surface area contributed by atoms with E-state index in [2.05, 4.69) is 12.0 Å². The average Bonchev–Trinajstić information content (AvgIpc) is 2.97. The molecule has 1 aliphatic rings. The van der Waals surface area contributed by atoms with Crippen molar-refractivity contribution in [3.8, 4) is 11.5 Å². The van der Waals surface area contributed by atoms with Crippen LogP contribution >= 0.6 is 11.6 Å². The monoisotopic (exact) mass is 398 g/mol. The van der Waals surface area contributed by atoms with Crippen LogP contribution < -0.4 is 19.9 Å². The number of hydrogen-bond acceptors (Lipinski definition) is 4. The van der Waals surface area contributed by atoms with Crippen LogP contribution in [-0.2, 0) is 9.59 Å². The van der Waals surface area contributed by atoms with Crippen molar-refractivity contribution in [2.75, 3.05) is 18.7 Å². The van der Waals surface area contributed by atoms with E-state index in [1.165, 1.54) is 18.2 Å². The molecule has 0 atom stereocenters. The molecule has 28 heavy (non-hydrogen) atoms. The van der Waals surface area contributed by atoms with E-state index in [1.54, 1.807) is 42.5 Å². The van der Waals surface area contributed by atoms with Crippen LogP contribution in [0.5, 0.6) is 11.5 Å². The quantitative estimate of drug-likeness (QED) is 0.458. The second-order valence-corrected chi connectivity index (χ2v) is 6.49. The molecular weight excluding hydrogens is 380 g/mol. The van der Waals surface area contributed by atoms with Crippen LogP contribution in [0.15, 0.2) is 54.6 Å². The molecule has 1 fully saturated rings. The molecule has 0 bridgehead atoms. The van der Waals surface area contributed by atoms with Gasteiger partial charge in [0.05, 0.1) is 12.8 Å². The lowest BCUT2D eigenvalue weighted by Crippen LogP contribution is -2.35. The molecule has 1 saturated heterocycles. The first-order valence-corrected chi connectivity index (χ1v) is 8.87. The summed E-state index contributed by atoms with van der Waals surface area (Å²) in [5.74, 6) is 0.0791. The van der Waals surface area contributed by atoms with Crippen LogP contribution in [0.3, 0.4) is 0 Å². The van der Waals surface area contributed by atoms with Gasteiger partial charge in [-0.3, -0.25) is 15.0 Å². The Morgan fingerprint density at radius 1 is 1.18 bits per heavy atom. The van der Waals surface area contributed by atoms with Crippen LogP contribution in [0.1, 0.15) is 11.1 Å². The van der Waals surface area contributed by atoms with Gasteiger partial charge in [-0.25, -0.2) is 5.01 Å². The highest BCUT2D eigenvalue weighted by atomic mass is 35.5. The summed E-state index contributed by atoms with van der Waals surface area (Å²) in [4.78, 5) is 25.1. The van der Waals surface area contributed by atoms with Crippen molar-refractivity contribution in [2.24, 2.45) is 0 Å². The van der Waals surface area contributed by atoms with Crippen molar-refractivity contribution >= 4 is 35.2 Å². The number of rotatable bonds is 6. The topological polar surface area (TPSA) is 67.9 Å². The third-order valence-corrected chi connectivity index (χ3v) is 4.57. The molecule has 2 amide bonds. The molecule has 0 aliphatic carbocycles.